The predicted molar refractivity (Wildman–Crippen MR) is 128 cm³/mol. The monoisotopic (exact) mass is 570 g/mol. The molecule has 0 aromatic heterocycles. The Hall–Kier alpha value is -2.99. The van der Waals surface area contributed by atoms with Gasteiger partial charge in [-0.15, -0.1) is 0 Å². The van der Waals surface area contributed by atoms with Gasteiger partial charge in [-0.25, -0.2) is 13.2 Å². The molecule has 172 valence electrons. The van der Waals surface area contributed by atoms with Crippen LogP contribution in [0.4, 0.5) is 30.2 Å². The molecule has 6 nitrogen and oxygen atoms in total. The minimum atomic E-state index is -1.30. The fourth-order valence-corrected chi connectivity index (χ4v) is 4.02. The first-order valence-corrected chi connectivity index (χ1v) is 11.0. The topological polar surface area (TPSA) is 87.5 Å². The SMILES string of the molecule is O=C(c1ccc(F)c(F)c1Nc1ccc(I)cc1F)N1CC(O)(CNc2ccccc2[OH2+])C1. The number of benzene rings is 3. The van der Waals surface area contributed by atoms with E-state index in [4.69, 9.17) is 5.11 Å². The van der Waals surface area contributed by atoms with Crippen LogP contribution in [0.1, 0.15) is 10.4 Å². The molecule has 1 aliphatic rings. The number of hydrogen-bond donors (Lipinski definition) is 3. The summed E-state index contributed by atoms with van der Waals surface area (Å²) in [5.41, 5.74) is -1.46. The number of para-hydroxylation sites is 2. The molecule has 0 radical (unpaired) electrons. The fraction of sp³-hybridized carbons (Fsp3) is 0.174. The summed E-state index contributed by atoms with van der Waals surface area (Å²) in [5.74, 6) is -3.52. The number of carbonyl (C=O) groups excluding carboxylic acids is 1. The second kappa shape index (κ2) is 9.10. The maximum atomic E-state index is 14.6. The van der Waals surface area contributed by atoms with Gasteiger partial charge in [-0.05, 0) is 59.0 Å². The van der Waals surface area contributed by atoms with Gasteiger partial charge in [-0.2, -0.15) is 0 Å². The van der Waals surface area contributed by atoms with Gasteiger partial charge in [-0.3, -0.25) is 4.79 Å². The largest absolute Gasteiger partial charge is 0.592 e. The lowest BCUT2D eigenvalue weighted by Crippen LogP contribution is -2.66. The van der Waals surface area contributed by atoms with Crippen LogP contribution >= 0.6 is 22.6 Å². The number of anilines is 3. The van der Waals surface area contributed by atoms with Crippen LogP contribution in [0.3, 0.4) is 0 Å². The van der Waals surface area contributed by atoms with Crippen molar-refractivity contribution in [2.24, 2.45) is 0 Å². The molecule has 1 fully saturated rings. The smallest absolute Gasteiger partial charge is 0.277 e. The van der Waals surface area contributed by atoms with Crippen molar-refractivity contribution in [3.8, 4) is 5.75 Å². The van der Waals surface area contributed by atoms with Gasteiger partial charge in [0.1, 0.15) is 17.1 Å². The normalized spacial score (nSPS) is 14.5. The van der Waals surface area contributed by atoms with Crippen LogP contribution < -0.4 is 10.6 Å². The molecule has 0 bridgehead atoms. The molecule has 1 amide bonds. The van der Waals surface area contributed by atoms with E-state index < -0.39 is 34.6 Å². The highest BCUT2D eigenvalue weighted by Gasteiger charge is 2.44. The number of likely N-dealkylation sites (tertiary alicyclic amines) is 1. The molecule has 3 aromatic rings. The zero-order chi connectivity index (χ0) is 23.8. The van der Waals surface area contributed by atoms with Gasteiger partial charge >= 0.3 is 0 Å². The molecule has 10 heteroatoms. The van der Waals surface area contributed by atoms with E-state index in [1.54, 1.807) is 30.3 Å². The Bertz CT molecular complexity index is 1220. The number of aliphatic hydroxyl groups is 1. The first kappa shape index (κ1) is 23.2. The van der Waals surface area contributed by atoms with E-state index in [2.05, 4.69) is 10.6 Å². The lowest BCUT2D eigenvalue weighted by Gasteiger charge is -2.46. The Morgan fingerprint density at radius 3 is 2.48 bits per heavy atom. The summed E-state index contributed by atoms with van der Waals surface area (Å²) in [5, 5.41) is 24.0. The standard InChI is InChI=1S/C23H19F3IN3O3/c24-15-7-6-14(21(20(15)26)29-17-8-5-13(27)9-16(17)25)22(32)30-11-23(33,12-30)10-28-18-3-1-2-4-19(18)31/h1-9,28-29,31,33H,10-12H2/p+1. The van der Waals surface area contributed by atoms with Crippen LogP contribution in [0, 0.1) is 21.0 Å². The third-order valence-corrected chi connectivity index (χ3v) is 5.98. The molecule has 5 N–H and O–H groups in total. The number of rotatable bonds is 6. The molecule has 3 aromatic carbocycles. The van der Waals surface area contributed by atoms with Crippen molar-refractivity contribution in [3.05, 3.63) is 81.2 Å². The summed E-state index contributed by atoms with van der Waals surface area (Å²) in [6, 6.07) is 12.9. The quantitative estimate of drug-likeness (QED) is 0.307. The van der Waals surface area contributed by atoms with Crippen molar-refractivity contribution in [2.75, 3.05) is 30.3 Å². The summed E-state index contributed by atoms with van der Waals surface area (Å²) in [4.78, 5) is 14.3. The molecule has 0 atom stereocenters. The molecular formula is C23H20F3IN3O3+. The molecule has 0 spiro atoms. The second-order valence-corrected chi connectivity index (χ2v) is 9.06. The lowest BCUT2D eigenvalue weighted by atomic mass is 9.92. The number of carbonyl (C=O) groups is 1. The zero-order valence-electron chi connectivity index (χ0n) is 17.1. The maximum absolute atomic E-state index is 14.6. The number of amides is 1. The van der Waals surface area contributed by atoms with E-state index in [9.17, 15) is 23.1 Å². The molecule has 1 heterocycles. The molecule has 0 saturated carbocycles. The Labute approximate surface area is 201 Å². The maximum Gasteiger partial charge on any atom is 0.277 e. The van der Waals surface area contributed by atoms with E-state index in [-0.39, 0.29) is 36.6 Å². The molecule has 0 unspecified atom stereocenters. The van der Waals surface area contributed by atoms with Crippen LogP contribution in [0.5, 0.6) is 5.75 Å². The molecule has 0 aliphatic carbocycles. The van der Waals surface area contributed by atoms with Gasteiger partial charge in [0.2, 0.25) is 0 Å². The van der Waals surface area contributed by atoms with Crippen molar-refractivity contribution < 1.29 is 28.2 Å². The second-order valence-electron chi connectivity index (χ2n) is 7.82. The Balaban J connectivity index is 1.50. The lowest BCUT2D eigenvalue weighted by molar-refractivity contribution is -0.0706. The fourth-order valence-electron chi connectivity index (χ4n) is 3.56. The van der Waals surface area contributed by atoms with Gasteiger partial charge in [0.25, 0.3) is 11.7 Å². The van der Waals surface area contributed by atoms with Crippen molar-refractivity contribution >= 4 is 45.6 Å². The highest BCUT2D eigenvalue weighted by molar-refractivity contribution is 14.1. The number of halogens is 4. The number of hydrogen-bond acceptors (Lipinski definition) is 4. The van der Waals surface area contributed by atoms with Crippen LogP contribution in [0.15, 0.2) is 54.6 Å². The third-order valence-electron chi connectivity index (χ3n) is 5.31. The average Bonchev–Trinajstić information content (AvgIpc) is 2.76. The minimum Gasteiger partial charge on any atom is -0.592 e. The Morgan fingerprint density at radius 1 is 1.06 bits per heavy atom. The average molecular weight is 570 g/mol. The van der Waals surface area contributed by atoms with Gasteiger partial charge in [-0.1, -0.05) is 12.1 Å². The Kier molecular flexibility index (Phi) is 6.39. The first-order chi connectivity index (χ1) is 15.7. The number of nitrogens with zero attached hydrogens (tertiary/aromatic N) is 1. The van der Waals surface area contributed by atoms with Crippen molar-refractivity contribution in [3.63, 3.8) is 0 Å². The van der Waals surface area contributed by atoms with Gasteiger partial charge < -0.3 is 25.7 Å². The zero-order valence-corrected chi connectivity index (χ0v) is 19.3. The van der Waals surface area contributed by atoms with Crippen molar-refractivity contribution in [1.29, 1.82) is 0 Å². The number of nitrogens with one attached hydrogen (secondary N) is 2. The van der Waals surface area contributed by atoms with E-state index in [0.29, 0.717) is 9.26 Å². The minimum absolute atomic E-state index is 0.0463. The molecular weight excluding hydrogens is 550 g/mol. The molecule has 4 rings (SSSR count). The summed E-state index contributed by atoms with van der Waals surface area (Å²) in [6.07, 6.45) is 0. The first-order valence-electron chi connectivity index (χ1n) is 9.93. The summed E-state index contributed by atoms with van der Waals surface area (Å²) in [6.45, 7) is 0.00801. The summed E-state index contributed by atoms with van der Waals surface area (Å²) < 4.78 is 43.4. The summed E-state index contributed by atoms with van der Waals surface area (Å²) >= 11 is 1.92. The van der Waals surface area contributed by atoms with Crippen LogP contribution in [-0.4, -0.2) is 46.3 Å². The van der Waals surface area contributed by atoms with Crippen LogP contribution in [0.2, 0.25) is 0 Å². The highest BCUT2D eigenvalue weighted by atomic mass is 127. The van der Waals surface area contributed by atoms with Crippen molar-refractivity contribution in [1.82, 2.24) is 4.90 Å². The van der Waals surface area contributed by atoms with E-state index in [1.165, 1.54) is 17.0 Å². The Morgan fingerprint density at radius 2 is 1.79 bits per heavy atom. The van der Waals surface area contributed by atoms with E-state index >= 15 is 0 Å². The van der Waals surface area contributed by atoms with Gasteiger partial charge in [0.05, 0.1) is 30.0 Å². The molecule has 33 heavy (non-hydrogen) atoms. The van der Waals surface area contributed by atoms with Gasteiger partial charge in [0.15, 0.2) is 11.6 Å². The van der Waals surface area contributed by atoms with Crippen LogP contribution in [-0.2, 0) is 0 Å². The molecule has 1 saturated heterocycles. The molecule has 1 aliphatic heterocycles. The van der Waals surface area contributed by atoms with Gasteiger partial charge in [0, 0.05) is 16.2 Å². The van der Waals surface area contributed by atoms with Crippen LogP contribution in [0.25, 0.3) is 0 Å². The van der Waals surface area contributed by atoms with E-state index in [1.807, 2.05) is 22.6 Å². The summed E-state index contributed by atoms with van der Waals surface area (Å²) in [7, 11) is 0. The highest BCUT2D eigenvalue weighted by Crippen LogP contribution is 2.32. The number of β-amino-alcohol motifs (C(OH)–C–C–N with tert-alkyl or cyclic N) is 1. The van der Waals surface area contributed by atoms with E-state index in [0.717, 1.165) is 12.1 Å². The predicted octanol–water partition coefficient (Wildman–Crippen LogP) is 4.19. The van der Waals surface area contributed by atoms with Crippen molar-refractivity contribution in [2.45, 2.75) is 5.60 Å². The third kappa shape index (κ3) is 4.86.